The van der Waals surface area contributed by atoms with E-state index in [-0.39, 0.29) is 126 Å². The van der Waals surface area contributed by atoms with Crippen molar-refractivity contribution in [2.45, 2.75) is 131 Å². The van der Waals surface area contributed by atoms with Crippen LogP contribution in [0.15, 0.2) is 78.9 Å². The van der Waals surface area contributed by atoms with E-state index in [0.29, 0.717) is 108 Å². The number of aromatic nitrogens is 8. The molecule has 3 aromatic carbocycles. The molecule has 0 aliphatic carbocycles. The van der Waals surface area contributed by atoms with Gasteiger partial charge in [-0.05, 0) is 113 Å². The number of carbonyl (C=O) groups is 11. The summed E-state index contributed by atoms with van der Waals surface area (Å²) in [5.41, 5.74) is 21.2. The van der Waals surface area contributed by atoms with Crippen LogP contribution >= 0.6 is 0 Å². The van der Waals surface area contributed by atoms with Crippen LogP contribution in [0, 0.1) is 19.8 Å². The van der Waals surface area contributed by atoms with Crippen molar-refractivity contribution in [1.29, 1.82) is 0 Å². The molecule has 0 saturated carbocycles. The number of carbonyl (C=O) groups excluding carboxylic acids is 11. The van der Waals surface area contributed by atoms with Crippen LogP contribution in [0.3, 0.4) is 0 Å². The summed E-state index contributed by atoms with van der Waals surface area (Å²) < 4.78 is 30.6. The molecule has 2 aliphatic rings. The number of nitrogens with two attached hydrogens (primary N) is 3. The van der Waals surface area contributed by atoms with Crippen molar-refractivity contribution in [3.05, 3.63) is 118 Å². The molecule has 0 bridgehead atoms. The van der Waals surface area contributed by atoms with Crippen molar-refractivity contribution < 1.29 is 71.7 Å². The Kier molecular flexibility index (Phi) is 26.2. The maximum absolute atomic E-state index is 14.1. The number of amides is 10. The number of aryl methyl sites for hydroxylation is 4. The largest absolute Gasteiger partial charge is 0.491 e. The second-order valence-electron chi connectivity index (χ2n) is 25.6. The van der Waals surface area contributed by atoms with Crippen molar-refractivity contribution in [3.8, 4) is 5.75 Å². The third kappa shape index (κ3) is 20.0. The predicted molar refractivity (Wildman–Crippen MR) is 380 cm³/mol. The highest BCUT2D eigenvalue weighted by Crippen LogP contribution is 2.34. The molecule has 10 amide bonds. The first-order valence-electron chi connectivity index (χ1n) is 34.3. The SMILES string of the molecule is CCn1nc(C)cc1C(=O)Nc1nc2cc(C(N)=O)ccc2n1C/C=C/Cn1c(NC(=O)c2cc(C)nn2CC)nc2cc(C(N)=O)cc(OCCCN3CC4(C3)CN(C(=O)OCc3ccc(NC(=O)C(CCCNC(N)=O)NC(=O)C(NC(=O)CCOCCC(=O)CC=O)C(C)C)cc3)CCO4)c21. The predicted octanol–water partition coefficient (Wildman–Crippen LogP) is 3.85. The van der Waals surface area contributed by atoms with Gasteiger partial charge in [0.2, 0.25) is 41.4 Å². The Labute approximate surface area is 598 Å². The number of Topliss-reactive ketones (excluding diaryl/α,β-unsaturated/α-hetero) is 1. The maximum Gasteiger partial charge on any atom is 0.410 e. The third-order valence-corrected chi connectivity index (χ3v) is 17.4. The highest BCUT2D eigenvalue weighted by molar-refractivity contribution is 6.05. The minimum Gasteiger partial charge on any atom is -0.491 e. The lowest BCUT2D eigenvalue weighted by Gasteiger charge is -2.53. The highest BCUT2D eigenvalue weighted by atomic mass is 16.6. The van der Waals surface area contributed by atoms with Crippen LogP contribution in [0.5, 0.6) is 5.75 Å². The number of hydrogen-bond acceptors (Lipinski definition) is 20. The average molecular weight is 1440 g/mol. The lowest BCUT2D eigenvalue weighted by Crippen LogP contribution is -2.70. The van der Waals surface area contributed by atoms with E-state index in [2.05, 4.69) is 47.0 Å². The Bertz CT molecular complexity index is 4360. The van der Waals surface area contributed by atoms with Crippen molar-refractivity contribution >= 4 is 105 Å². The van der Waals surface area contributed by atoms with Gasteiger partial charge < -0.3 is 76.2 Å². The molecule has 9 rings (SSSR count). The minimum atomic E-state index is -1.10. The van der Waals surface area contributed by atoms with Crippen molar-refractivity contribution in [2.24, 2.45) is 23.1 Å². The maximum atomic E-state index is 14.1. The molecular weight excluding hydrogens is 1350 g/mol. The number of urea groups is 1. The molecular formula is C70H89N19O15. The van der Waals surface area contributed by atoms with Crippen LogP contribution in [0.4, 0.5) is 27.2 Å². The van der Waals surface area contributed by atoms with Crippen LogP contribution in [-0.2, 0) is 71.0 Å². The zero-order valence-electron chi connectivity index (χ0n) is 59.0. The Morgan fingerprint density at radius 1 is 0.702 bits per heavy atom. The fourth-order valence-electron chi connectivity index (χ4n) is 12.2. The van der Waals surface area contributed by atoms with E-state index in [1.165, 1.54) is 12.1 Å². The first-order chi connectivity index (χ1) is 49.8. The zero-order chi connectivity index (χ0) is 74.8. The first kappa shape index (κ1) is 76.8. The van der Waals surface area contributed by atoms with Gasteiger partial charge in [0.05, 0.1) is 67.3 Å². The standard InChI is InChI=1S/C70H89N19O15/c1-7-88-54(33-43(5)82-88)63(96)80-67-77-51-35-46(60(71)93)16-19-53(51)86(67)25-9-10-26-87-59-52(78-68(87)81-64(97)55-34-44(6)83-89(55)8-2)36-47(61(72)94)37-56(59)102-29-12-24-84-39-70(40-84)41-85(27-32-104-70)69(100)103-38-45-14-17-48(18-15-45)75-62(95)50(13-11-23-74-66(73)99)76-65(98)58(42(3)4)79-57(92)22-31-101-30-21-49(91)20-28-90/h9-10,14-19,28,33-37,42,50,58H,7-8,11-13,20-27,29-32,38-41H2,1-6H3,(H2,71,93)(H2,72,94)(H,75,95)(H,76,98)(H,79,92)(H3,73,74,99)(H,77,80,96)(H,78,81,97)/b10-9+. The van der Waals surface area contributed by atoms with Crippen LogP contribution in [0.1, 0.15) is 125 Å². The lowest BCUT2D eigenvalue weighted by atomic mass is 9.91. The summed E-state index contributed by atoms with van der Waals surface area (Å²) in [5, 5.41) is 25.4. The third-order valence-electron chi connectivity index (χ3n) is 17.4. The van der Waals surface area contributed by atoms with Gasteiger partial charge in [-0.25, -0.2) is 19.6 Å². The molecule has 6 heterocycles. The number of allylic oxidation sites excluding steroid dienone is 2. The summed E-state index contributed by atoms with van der Waals surface area (Å²) in [5.74, 6) is -4.06. The molecule has 7 aromatic rings. The summed E-state index contributed by atoms with van der Waals surface area (Å²) in [4.78, 5) is 154. The van der Waals surface area contributed by atoms with E-state index in [4.69, 9.17) is 46.1 Å². The number of nitrogens with one attached hydrogen (secondary N) is 6. The number of imidazole rings is 2. The van der Waals surface area contributed by atoms with E-state index < -0.39 is 77.1 Å². The molecule has 104 heavy (non-hydrogen) atoms. The van der Waals surface area contributed by atoms with Gasteiger partial charge in [-0.1, -0.05) is 38.1 Å². The number of aldehydes is 1. The number of likely N-dealkylation sites (tertiary alicyclic amines) is 1. The van der Waals surface area contributed by atoms with Gasteiger partial charge in [-0.2, -0.15) is 10.2 Å². The quantitative estimate of drug-likeness (QED) is 0.0115. The van der Waals surface area contributed by atoms with Gasteiger partial charge in [-0.3, -0.25) is 63.3 Å². The monoisotopic (exact) mass is 1440 g/mol. The number of fused-ring (bicyclic) bond motifs is 2. The van der Waals surface area contributed by atoms with Crippen LogP contribution in [0.2, 0.25) is 0 Å². The molecule has 2 fully saturated rings. The molecule has 2 atom stereocenters. The summed E-state index contributed by atoms with van der Waals surface area (Å²) in [6, 6.07) is 14.9. The number of ether oxygens (including phenoxy) is 4. The number of ketones is 1. The minimum absolute atomic E-state index is 0.0247. The van der Waals surface area contributed by atoms with Crippen LogP contribution < -0.4 is 53.8 Å². The van der Waals surface area contributed by atoms with E-state index in [1.807, 2.05) is 26.0 Å². The first-order valence-corrected chi connectivity index (χ1v) is 34.3. The lowest BCUT2D eigenvalue weighted by molar-refractivity contribution is -0.179. The summed E-state index contributed by atoms with van der Waals surface area (Å²) in [6.07, 6.45) is 4.22. The van der Waals surface area contributed by atoms with E-state index in [0.717, 1.165) is 0 Å². The molecule has 4 aromatic heterocycles. The van der Waals surface area contributed by atoms with Gasteiger partial charge in [-0.15, -0.1) is 0 Å². The van der Waals surface area contributed by atoms with E-state index in [1.54, 1.807) is 106 Å². The Balaban J connectivity index is 0.802. The van der Waals surface area contributed by atoms with Crippen molar-refractivity contribution in [3.63, 3.8) is 0 Å². The molecule has 2 aliphatic heterocycles. The number of morpholine rings is 1. The zero-order valence-corrected chi connectivity index (χ0v) is 59.0. The molecule has 2 saturated heterocycles. The second-order valence-corrected chi connectivity index (χ2v) is 25.6. The Hall–Kier alpha value is -11.4. The molecule has 1 spiro atoms. The molecule has 554 valence electrons. The smallest absolute Gasteiger partial charge is 0.410 e. The normalized spacial score (nSPS) is 14.0. The van der Waals surface area contributed by atoms with E-state index >= 15 is 0 Å². The van der Waals surface area contributed by atoms with Gasteiger partial charge in [0.25, 0.3) is 11.8 Å². The fourth-order valence-corrected chi connectivity index (χ4v) is 12.2. The number of anilines is 3. The number of hydrogen-bond donors (Lipinski definition) is 9. The summed E-state index contributed by atoms with van der Waals surface area (Å²) >= 11 is 0. The van der Waals surface area contributed by atoms with Gasteiger partial charge in [0, 0.05) is 88.6 Å². The van der Waals surface area contributed by atoms with Gasteiger partial charge in [0.15, 0.2) is 0 Å². The Morgan fingerprint density at radius 2 is 1.34 bits per heavy atom. The van der Waals surface area contributed by atoms with Crippen LogP contribution in [-0.4, -0.2) is 197 Å². The fraction of sp³-hybridized carbons (Fsp3) is 0.443. The van der Waals surface area contributed by atoms with Crippen LogP contribution in [0.25, 0.3) is 22.1 Å². The average Bonchev–Trinajstić information content (AvgIpc) is 1.32. The second kappa shape index (κ2) is 35.5. The highest BCUT2D eigenvalue weighted by Gasteiger charge is 2.48. The van der Waals surface area contributed by atoms with Gasteiger partial charge >= 0.3 is 12.1 Å². The molecule has 12 N–H and O–H groups in total. The van der Waals surface area contributed by atoms with Crippen molar-refractivity contribution in [2.75, 3.05) is 81.6 Å². The summed E-state index contributed by atoms with van der Waals surface area (Å²) in [6.45, 7) is 14.6. The van der Waals surface area contributed by atoms with Crippen molar-refractivity contribution in [1.82, 2.24) is 64.4 Å². The van der Waals surface area contributed by atoms with E-state index in [9.17, 15) is 52.7 Å². The number of benzene rings is 3. The molecule has 0 radical (unpaired) electrons. The van der Waals surface area contributed by atoms with Gasteiger partial charge in [0.1, 0.15) is 59.0 Å². The molecule has 34 nitrogen and oxygen atoms in total. The Morgan fingerprint density at radius 3 is 1.97 bits per heavy atom. The number of nitrogens with zero attached hydrogens (tertiary/aromatic N) is 10. The molecule has 34 heteroatoms. The number of rotatable bonds is 37. The number of primary amides is 3. The summed E-state index contributed by atoms with van der Waals surface area (Å²) in [7, 11) is 0. The molecule has 2 unspecified atom stereocenters. The topological polar surface area (TPSA) is 453 Å².